The van der Waals surface area contributed by atoms with E-state index in [0.717, 1.165) is 0 Å². The summed E-state index contributed by atoms with van der Waals surface area (Å²) >= 11 is 0. The zero-order valence-electron chi connectivity index (χ0n) is 10.3. The molecule has 0 fully saturated rings. The van der Waals surface area contributed by atoms with Crippen LogP contribution in [0.5, 0.6) is 0 Å². The molecule has 0 radical (unpaired) electrons. The van der Waals surface area contributed by atoms with Gasteiger partial charge in [0.25, 0.3) is 0 Å². The van der Waals surface area contributed by atoms with E-state index in [4.69, 9.17) is 19.2 Å². The summed E-state index contributed by atoms with van der Waals surface area (Å²) in [5.41, 5.74) is -0.420. The van der Waals surface area contributed by atoms with Crippen LogP contribution in [0.3, 0.4) is 0 Å². The van der Waals surface area contributed by atoms with E-state index >= 15 is 0 Å². The highest BCUT2D eigenvalue weighted by Crippen LogP contribution is 2.10. The summed E-state index contributed by atoms with van der Waals surface area (Å²) in [6.07, 6.45) is 0.577. The van der Waals surface area contributed by atoms with Gasteiger partial charge in [-0.3, -0.25) is 4.79 Å². The van der Waals surface area contributed by atoms with Crippen LogP contribution in [0, 0.1) is 0 Å². The molecule has 17 heavy (non-hydrogen) atoms. The summed E-state index contributed by atoms with van der Waals surface area (Å²) in [6, 6.07) is 3.08. The summed E-state index contributed by atoms with van der Waals surface area (Å²) in [5.74, 6) is 0.221. The van der Waals surface area contributed by atoms with Gasteiger partial charge in [0.2, 0.25) is 0 Å². The molecule has 0 spiro atoms. The van der Waals surface area contributed by atoms with Crippen molar-refractivity contribution in [1.29, 1.82) is 0 Å². The van der Waals surface area contributed by atoms with Crippen molar-refractivity contribution in [2.75, 3.05) is 0 Å². The lowest BCUT2D eigenvalue weighted by Gasteiger charge is -2.19. The second-order valence-electron chi connectivity index (χ2n) is 4.76. The maximum atomic E-state index is 11.4. The highest BCUT2D eigenvalue weighted by molar-refractivity contribution is 6.56. The van der Waals surface area contributed by atoms with Gasteiger partial charge in [0, 0.05) is 6.42 Å². The molecule has 0 unspecified atom stereocenters. The Morgan fingerprint density at radius 1 is 1.41 bits per heavy atom. The molecule has 0 atom stereocenters. The highest BCUT2D eigenvalue weighted by atomic mass is 16.6. The number of hydrogen-bond donors (Lipinski definition) is 2. The zero-order chi connectivity index (χ0) is 13.1. The van der Waals surface area contributed by atoms with Crippen LogP contribution in [0.4, 0.5) is 0 Å². The van der Waals surface area contributed by atoms with Crippen molar-refractivity contribution in [2.45, 2.75) is 39.2 Å². The molecular weight excluding hydrogens is 223 g/mol. The van der Waals surface area contributed by atoms with Crippen molar-refractivity contribution < 1.29 is 24.0 Å². The second kappa shape index (κ2) is 5.38. The van der Waals surface area contributed by atoms with Crippen molar-refractivity contribution in [3.8, 4) is 0 Å². The first-order chi connectivity index (χ1) is 7.78. The Balaban J connectivity index is 2.42. The lowest BCUT2D eigenvalue weighted by molar-refractivity contribution is -0.154. The fourth-order valence-electron chi connectivity index (χ4n) is 1.29. The molecule has 0 aliphatic carbocycles. The SMILES string of the molecule is CC(C)(C)OC(=O)CCc1ccc(B(O)O)o1. The summed E-state index contributed by atoms with van der Waals surface area (Å²) in [7, 11) is -1.62. The Morgan fingerprint density at radius 3 is 2.53 bits per heavy atom. The molecular formula is C11H17BO5. The molecule has 6 heteroatoms. The minimum atomic E-state index is -1.62. The van der Waals surface area contributed by atoms with Gasteiger partial charge in [-0.05, 0) is 32.9 Å². The maximum absolute atomic E-state index is 11.4. The molecule has 1 rings (SSSR count). The molecule has 0 saturated carbocycles. The van der Waals surface area contributed by atoms with E-state index < -0.39 is 12.7 Å². The average Bonchev–Trinajstić information content (AvgIpc) is 2.60. The zero-order valence-corrected chi connectivity index (χ0v) is 10.3. The van der Waals surface area contributed by atoms with E-state index in [9.17, 15) is 4.79 Å². The minimum absolute atomic E-state index is 0.0733. The number of ether oxygens (including phenoxy) is 1. The molecule has 1 aromatic heterocycles. The smallest absolute Gasteiger partial charge is 0.470 e. The van der Waals surface area contributed by atoms with Gasteiger partial charge in [-0.25, -0.2) is 0 Å². The van der Waals surface area contributed by atoms with Crippen molar-refractivity contribution in [3.05, 3.63) is 17.9 Å². The van der Waals surface area contributed by atoms with Crippen LogP contribution in [0.25, 0.3) is 0 Å². The highest BCUT2D eigenvalue weighted by Gasteiger charge is 2.18. The lowest BCUT2D eigenvalue weighted by atomic mass is 9.88. The van der Waals surface area contributed by atoms with E-state index in [1.165, 1.54) is 6.07 Å². The van der Waals surface area contributed by atoms with Crippen LogP contribution in [-0.4, -0.2) is 28.7 Å². The summed E-state index contributed by atoms with van der Waals surface area (Å²) in [4.78, 5) is 11.4. The Labute approximate surface area is 101 Å². The van der Waals surface area contributed by atoms with Crippen LogP contribution >= 0.6 is 0 Å². The average molecular weight is 240 g/mol. The largest absolute Gasteiger partial charge is 0.526 e. The first kappa shape index (κ1) is 13.8. The third-order valence-electron chi connectivity index (χ3n) is 1.93. The van der Waals surface area contributed by atoms with E-state index in [2.05, 4.69) is 0 Å². The third kappa shape index (κ3) is 5.06. The third-order valence-corrected chi connectivity index (χ3v) is 1.93. The molecule has 0 aliphatic rings. The van der Waals surface area contributed by atoms with Crippen molar-refractivity contribution in [1.82, 2.24) is 0 Å². The molecule has 2 N–H and O–H groups in total. The van der Waals surface area contributed by atoms with Gasteiger partial charge in [-0.15, -0.1) is 0 Å². The molecule has 0 saturated heterocycles. The van der Waals surface area contributed by atoms with E-state index in [1.807, 2.05) is 0 Å². The number of aryl methyl sites for hydroxylation is 1. The van der Waals surface area contributed by atoms with Crippen molar-refractivity contribution >= 4 is 18.7 Å². The maximum Gasteiger partial charge on any atom is 0.526 e. The Bertz CT molecular complexity index is 377. The summed E-state index contributed by atoms with van der Waals surface area (Å²) in [6.45, 7) is 5.41. The summed E-state index contributed by atoms with van der Waals surface area (Å²) < 4.78 is 10.3. The fraction of sp³-hybridized carbons (Fsp3) is 0.545. The van der Waals surface area contributed by atoms with Gasteiger partial charge < -0.3 is 19.2 Å². The van der Waals surface area contributed by atoms with Gasteiger partial charge in [0.15, 0.2) is 0 Å². The topological polar surface area (TPSA) is 79.9 Å². The molecule has 0 amide bonds. The van der Waals surface area contributed by atoms with Crippen LogP contribution in [0.2, 0.25) is 0 Å². The summed E-state index contributed by atoms with van der Waals surface area (Å²) in [5, 5.41) is 17.7. The van der Waals surface area contributed by atoms with Crippen LogP contribution in [0.15, 0.2) is 16.5 Å². The number of rotatable bonds is 4. The molecule has 1 aromatic rings. The normalized spacial score (nSPS) is 11.4. The first-order valence-electron chi connectivity index (χ1n) is 5.44. The Kier molecular flexibility index (Phi) is 4.37. The van der Waals surface area contributed by atoms with Gasteiger partial charge >= 0.3 is 13.1 Å². The monoisotopic (exact) mass is 240 g/mol. The second-order valence-corrected chi connectivity index (χ2v) is 4.76. The molecule has 0 aliphatic heterocycles. The predicted octanol–water partition coefficient (Wildman–Crippen LogP) is 0.234. The lowest BCUT2D eigenvalue weighted by Crippen LogP contribution is -2.28. The molecule has 0 bridgehead atoms. The number of furan rings is 1. The quantitative estimate of drug-likeness (QED) is 0.581. The van der Waals surface area contributed by atoms with Crippen molar-refractivity contribution in [2.24, 2.45) is 0 Å². The minimum Gasteiger partial charge on any atom is -0.470 e. The predicted molar refractivity (Wildman–Crippen MR) is 62.7 cm³/mol. The molecule has 5 nitrogen and oxygen atoms in total. The van der Waals surface area contributed by atoms with E-state index in [0.29, 0.717) is 12.2 Å². The van der Waals surface area contributed by atoms with Crippen LogP contribution < -0.4 is 5.66 Å². The van der Waals surface area contributed by atoms with Gasteiger partial charge in [0.1, 0.15) is 17.0 Å². The Hall–Kier alpha value is -1.27. The van der Waals surface area contributed by atoms with E-state index in [1.54, 1.807) is 26.8 Å². The number of carbonyl (C=O) groups excluding carboxylic acids is 1. The molecule has 1 heterocycles. The Morgan fingerprint density at radius 2 is 2.06 bits per heavy atom. The molecule has 0 aromatic carbocycles. The molecule has 94 valence electrons. The number of esters is 1. The fourth-order valence-corrected chi connectivity index (χ4v) is 1.29. The van der Waals surface area contributed by atoms with Crippen molar-refractivity contribution in [3.63, 3.8) is 0 Å². The van der Waals surface area contributed by atoms with Gasteiger partial charge in [0.05, 0.1) is 6.42 Å². The van der Waals surface area contributed by atoms with Gasteiger partial charge in [-0.1, -0.05) is 0 Å². The number of hydrogen-bond acceptors (Lipinski definition) is 5. The number of carbonyl (C=O) groups is 1. The first-order valence-corrected chi connectivity index (χ1v) is 5.44. The van der Waals surface area contributed by atoms with E-state index in [-0.39, 0.29) is 18.0 Å². The standard InChI is InChI=1S/C11H17BO5/c1-11(2,3)17-10(13)7-5-8-4-6-9(16-8)12(14)15/h4,6,14-15H,5,7H2,1-3H3. The van der Waals surface area contributed by atoms with Gasteiger partial charge in [-0.2, -0.15) is 0 Å². The van der Waals surface area contributed by atoms with Crippen LogP contribution in [-0.2, 0) is 16.0 Å². The van der Waals surface area contributed by atoms with Crippen LogP contribution in [0.1, 0.15) is 33.0 Å².